The Morgan fingerprint density at radius 2 is 1.85 bits per heavy atom. The third kappa shape index (κ3) is 2.27. The van der Waals surface area contributed by atoms with Gasteiger partial charge in [0.05, 0.1) is 5.41 Å². The summed E-state index contributed by atoms with van der Waals surface area (Å²) >= 11 is 0. The van der Waals surface area contributed by atoms with Gasteiger partial charge >= 0.3 is 0 Å². The molecule has 2 unspecified atom stereocenters. The van der Waals surface area contributed by atoms with E-state index in [1.54, 1.807) is 0 Å². The highest BCUT2D eigenvalue weighted by molar-refractivity contribution is 5.84. The van der Waals surface area contributed by atoms with Gasteiger partial charge < -0.3 is 10.2 Å². The average Bonchev–Trinajstić information content (AvgIpc) is 3.04. The van der Waals surface area contributed by atoms with Crippen molar-refractivity contribution in [2.45, 2.75) is 63.3 Å². The molecule has 1 aromatic rings. The van der Waals surface area contributed by atoms with Crippen molar-refractivity contribution < 1.29 is 4.79 Å². The molecule has 8 rings (SSSR count). The van der Waals surface area contributed by atoms with E-state index in [-0.39, 0.29) is 10.8 Å². The minimum absolute atomic E-state index is 0.113. The third-order valence-electron chi connectivity index (χ3n) is 9.12. The fraction of sp³-hybridized carbons (Fsp3) is 0.708. The number of benzene rings is 1. The fourth-order valence-electron chi connectivity index (χ4n) is 8.39. The van der Waals surface area contributed by atoms with Crippen LogP contribution in [-0.4, -0.2) is 36.5 Å². The highest BCUT2D eigenvalue weighted by atomic mass is 16.2. The lowest BCUT2D eigenvalue weighted by Crippen LogP contribution is -2.60. The molecule has 0 aromatic heterocycles. The number of amides is 1. The zero-order chi connectivity index (χ0) is 18.3. The van der Waals surface area contributed by atoms with Gasteiger partial charge in [0.15, 0.2) is 0 Å². The molecule has 27 heavy (non-hydrogen) atoms. The van der Waals surface area contributed by atoms with E-state index in [0.29, 0.717) is 29.2 Å². The SMILES string of the molecule is C[C@]12CC3CC(C(=O)N[C@@H]4CN5CCC4CC5)(C1)C[C@]3(c1ccccc1)C2. The molecule has 3 heteroatoms. The van der Waals surface area contributed by atoms with Crippen LogP contribution in [0.2, 0.25) is 0 Å². The molecule has 5 atom stereocenters. The fourth-order valence-corrected chi connectivity index (χ4v) is 8.39. The van der Waals surface area contributed by atoms with Crippen LogP contribution in [0.4, 0.5) is 0 Å². The van der Waals surface area contributed by atoms with Gasteiger partial charge in [-0.15, -0.1) is 0 Å². The van der Waals surface area contributed by atoms with Gasteiger partial charge in [0.25, 0.3) is 0 Å². The van der Waals surface area contributed by atoms with Crippen molar-refractivity contribution in [1.29, 1.82) is 0 Å². The number of carbonyl (C=O) groups is 1. The Bertz CT molecular complexity index is 770. The van der Waals surface area contributed by atoms with Crippen LogP contribution >= 0.6 is 0 Å². The second kappa shape index (κ2) is 5.37. The van der Waals surface area contributed by atoms with Gasteiger partial charge in [-0.25, -0.2) is 0 Å². The molecule has 144 valence electrons. The number of hydrogen-bond donors (Lipinski definition) is 1. The second-order valence-corrected chi connectivity index (χ2v) is 11.0. The number of nitrogens with one attached hydrogen (secondary N) is 1. The minimum Gasteiger partial charge on any atom is -0.351 e. The van der Waals surface area contributed by atoms with E-state index < -0.39 is 0 Å². The van der Waals surface area contributed by atoms with Crippen molar-refractivity contribution in [3.63, 3.8) is 0 Å². The van der Waals surface area contributed by atoms with Gasteiger partial charge in [0.2, 0.25) is 5.91 Å². The van der Waals surface area contributed by atoms with Crippen LogP contribution in [0.25, 0.3) is 0 Å². The molecule has 3 aliphatic heterocycles. The summed E-state index contributed by atoms with van der Waals surface area (Å²) in [5.41, 5.74) is 1.98. The Kier molecular flexibility index (Phi) is 3.30. The summed E-state index contributed by atoms with van der Waals surface area (Å²) < 4.78 is 0. The van der Waals surface area contributed by atoms with Gasteiger partial charge in [0.1, 0.15) is 0 Å². The number of piperidine rings is 3. The standard InChI is InChI=1S/C24H32N2O/c1-22-11-19-12-23(14-22,16-24(19,15-22)18-5-3-2-4-6-18)21(27)25-20-13-26-9-7-17(20)8-10-26/h2-6,17,19-20H,7-16H2,1H3,(H,25,27)/t19?,20-,22+,23?,24+/m1/s1. The second-order valence-electron chi connectivity index (χ2n) is 11.0. The highest BCUT2D eigenvalue weighted by Gasteiger charge is 2.70. The molecule has 4 saturated carbocycles. The predicted molar refractivity (Wildman–Crippen MR) is 106 cm³/mol. The lowest BCUT2D eigenvalue weighted by molar-refractivity contribution is -0.138. The van der Waals surface area contributed by atoms with Gasteiger partial charge in [-0.1, -0.05) is 37.3 Å². The Labute approximate surface area is 162 Å². The van der Waals surface area contributed by atoms with Crippen LogP contribution in [0.15, 0.2) is 30.3 Å². The molecule has 0 spiro atoms. The smallest absolute Gasteiger partial charge is 0.226 e. The number of carbonyl (C=O) groups excluding carboxylic acids is 1. The zero-order valence-electron chi connectivity index (χ0n) is 16.5. The van der Waals surface area contributed by atoms with Crippen molar-refractivity contribution in [2.24, 2.45) is 22.7 Å². The van der Waals surface area contributed by atoms with E-state index >= 15 is 0 Å². The van der Waals surface area contributed by atoms with Crippen LogP contribution in [0.5, 0.6) is 0 Å². The first-order valence-corrected chi connectivity index (χ1v) is 11.1. The van der Waals surface area contributed by atoms with Gasteiger partial charge in [0, 0.05) is 12.6 Å². The van der Waals surface area contributed by atoms with E-state index in [9.17, 15) is 4.79 Å². The van der Waals surface area contributed by atoms with Crippen LogP contribution < -0.4 is 5.32 Å². The maximum absolute atomic E-state index is 13.7. The molecule has 1 aromatic carbocycles. The van der Waals surface area contributed by atoms with Crippen LogP contribution in [0.3, 0.4) is 0 Å². The van der Waals surface area contributed by atoms with Crippen molar-refractivity contribution >= 4 is 5.91 Å². The highest BCUT2D eigenvalue weighted by Crippen LogP contribution is 2.74. The number of hydrogen-bond acceptors (Lipinski definition) is 2. The van der Waals surface area contributed by atoms with E-state index in [2.05, 4.69) is 47.5 Å². The van der Waals surface area contributed by atoms with Gasteiger partial charge in [-0.3, -0.25) is 4.79 Å². The molecule has 7 fully saturated rings. The lowest BCUT2D eigenvalue weighted by atomic mass is 9.59. The number of nitrogens with zero attached hydrogens (tertiary/aromatic N) is 1. The zero-order valence-corrected chi connectivity index (χ0v) is 16.5. The number of fused-ring (bicyclic) bond motifs is 3. The third-order valence-corrected chi connectivity index (χ3v) is 9.12. The molecule has 0 radical (unpaired) electrons. The molecular weight excluding hydrogens is 332 g/mol. The minimum atomic E-state index is -0.113. The summed E-state index contributed by atoms with van der Waals surface area (Å²) in [6, 6.07) is 11.5. The lowest BCUT2D eigenvalue weighted by Gasteiger charge is -2.48. The monoisotopic (exact) mass is 364 g/mol. The molecule has 3 saturated heterocycles. The van der Waals surface area contributed by atoms with E-state index in [4.69, 9.17) is 0 Å². The first-order chi connectivity index (χ1) is 13.0. The molecule has 4 aliphatic carbocycles. The average molecular weight is 365 g/mol. The molecular formula is C24H32N2O. The number of rotatable bonds is 3. The van der Waals surface area contributed by atoms with E-state index in [1.165, 1.54) is 44.3 Å². The Hall–Kier alpha value is -1.35. The molecule has 6 bridgehead atoms. The normalized spacial score (nSPS) is 49.5. The summed E-state index contributed by atoms with van der Waals surface area (Å²) in [4.78, 5) is 16.2. The van der Waals surface area contributed by atoms with Crippen molar-refractivity contribution in [1.82, 2.24) is 10.2 Å². The van der Waals surface area contributed by atoms with E-state index in [1.807, 2.05) is 0 Å². The molecule has 3 heterocycles. The quantitative estimate of drug-likeness (QED) is 0.886. The Morgan fingerprint density at radius 3 is 2.56 bits per heavy atom. The summed E-state index contributed by atoms with van der Waals surface area (Å²) in [5.74, 6) is 1.80. The van der Waals surface area contributed by atoms with Gasteiger partial charge in [-0.2, -0.15) is 0 Å². The van der Waals surface area contributed by atoms with Crippen molar-refractivity contribution in [3.8, 4) is 0 Å². The van der Waals surface area contributed by atoms with Crippen LogP contribution in [0, 0.1) is 22.7 Å². The van der Waals surface area contributed by atoms with Crippen molar-refractivity contribution in [3.05, 3.63) is 35.9 Å². The Morgan fingerprint density at radius 1 is 1.07 bits per heavy atom. The topological polar surface area (TPSA) is 32.3 Å². The van der Waals surface area contributed by atoms with Crippen LogP contribution in [-0.2, 0) is 10.2 Å². The van der Waals surface area contributed by atoms with Crippen molar-refractivity contribution in [2.75, 3.05) is 19.6 Å². The molecule has 1 amide bonds. The van der Waals surface area contributed by atoms with E-state index in [0.717, 1.165) is 25.8 Å². The van der Waals surface area contributed by atoms with Gasteiger partial charge in [-0.05, 0) is 86.3 Å². The summed E-state index contributed by atoms with van der Waals surface area (Å²) in [7, 11) is 0. The first-order valence-electron chi connectivity index (χ1n) is 11.1. The summed E-state index contributed by atoms with van der Waals surface area (Å²) in [6.45, 7) is 6.01. The summed E-state index contributed by atoms with van der Waals surface area (Å²) in [5, 5.41) is 3.58. The predicted octanol–water partition coefficient (Wildman–Crippen LogP) is 3.74. The largest absolute Gasteiger partial charge is 0.351 e. The van der Waals surface area contributed by atoms with Crippen LogP contribution in [0.1, 0.15) is 57.4 Å². The molecule has 7 aliphatic rings. The maximum Gasteiger partial charge on any atom is 0.226 e. The first kappa shape index (κ1) is 16.6. The maximum atomic E-state index is 13.7. The molecule has 3 nitrogen and oxygen atoms in total. The Balaban J connectivity index is 1.30. The summed E-state index contributed by atoms with van der Waals surface area (Å²) in [6.07, 6.45) is 8.44. The molecule has 1 N–H and O–H groups in total.